The molecule has 1 aliphatic heterocycles. The van der Waals surface area contributed by atoms with Gasteiger partial charge in [0.1, 0.15) is 17.1 Å². The van der Waals surface area contributed by atoms with Crippen LogP contribution >= 0.6 is 0 Å². The zero-order valence-corrected chi connectivity index (χ0v) is 10.3. The summed E-state index contributed by atoms with van der Waals surface area (Å²) in [5.41, 5.74) is 5.80. The first-order valence-corrected chi connectivity index (χ1v) is 6.06. The van der Waals surface area contributed by atoms with Gasteiger partial charge in [-0.3, -0.25) is 4.79 Å². The van der Waals surface area contributed by atoms with Crippen molar-refractivity contribution in [1.29, 1.82) is 0 Å². The second-order valence-corrected chi connectivity index (χ2v) is 4.83. The molecule has 4 N–H and O–H groups in total. The number of phenolic OH excluding ortho intramolecular Hbond substituents is 2. The molecule has 18 heavy (non-hydrogen) atoms. The lowest BCUT2D eigenvalue weighted by atomic mass is 10.0. The molecule has 0 aromatic heterocycles. The van der Waals surface area contributed by atoms with Crippen LogP contribution < -0.4 is 5.73 Å². The Kier molecular flexibility index (Phi) is 3.43. The van der Waals surface area contributed by atoms with Gasteiger partial charge in [-0.1, -0.05) is 6.07 Å². The minimum absolute atomic E-state index is 0.0252. The monoisotopic (exact) mass is 250 g/mol. The Labute approximate surface area is 106 Å². The number of rotatable bonds is 2. The van der Waals surface area contributed by atoms with Gasteiger partial charge in [0.25, 0.3) is 5.91 Å². The van der Waals surface area contributed by atoms with Crippen LogP contribution in [0.1, 0.15) is 23.7 Å². The topological polar surface area (TPSA) is 86.8 Å². The van der Waals surface area contributed by atoms with E-state index in [0.29, 0.717) is 13.1 Å². The molecule has 0 spiro atoms. The summed E-state index contributed by atoms with van der Waals surface area (Å²) in [6, 6.07) is 4.33. The third kappa shape index (κ3) is 2.26. The number of benzene rings is 1. The predicted molar refractivity (Wildman–Crippen MR) is 67.4 cm³/mol. The lowest BCUT2D eigenvalue weighted by Gasteiger charge is -2.19. The van der Waals surface area contributed by atoms with Gasteiger partial charge in [-0.15, -0.1) is 0 Å². The van der Waals surface area contributed by atoms with Crippen molar-refractivity contribution < 1.29 is 15.0 Å². The van der Waals surface area contributed by atoms with E-state index in [2.05, 4.69) is 0 Å². The molecule has 2 unspecified atom stereocenters. The van der Waals surface area contributed by atoms with Gasteiger partial charge in [0.15, 0.2) is 0 Å². The molecule has 5 heteroatoms. The van der Waals surface area contributed by atoms with E-state index in [-0.39, 0.29) is 34.9 Å². The number of hydrogen-bond donors (Lipinski definition) is 3. The average Bonchev–Trinajstić information content (AvgIpc) is 2.77. The zero-order chi connectivity index (χ0) is 13.3. The molecule has 98 valence electrons. The summed E-state index contributed by atoms with van der Waals surface area (Å²) in [5.74, 6) is -0.441. The number of hydrogen-bond acceptors (Lipinski definition) is 4. The Balaban J connectivity index is 2.18. The number of amides is 1. The highest BCUT2D eigenvalue weighted by molar-refractivity contribution is 5.99. The number of carbonyl (C=O) groups excluding carboxylic acids is 1. The van der Waals surface area contributed by atoms with E-state index in [1.807, 2.05) is 6.92 Å². The summed E-state index contributed by atoms with van der Waals surface area (Å²) < 4.78 is 0. The maximum Gasteiger partial charge on any atom is 0.261 e. The summed E-state index contributed by atoms with van der Waals surface area (Å²) in [4.78, 5) is 13.8. The van der Waals surface area contributed by atoms with Crippen molar-refractivity contribution >= 4 is 5.91 Å². The fourth-order valence-corrected chi connectivity index (χ4v) is 2.31. The van der Waals surface area contributed by atoms with E-state index < -0.39 is 0 Å². The zero-order valence-electron chi connectivity index (χ0n) is 10.3. The Bertz CT molecular complexity index is 439. The van der Waals surface area contributed by atoms with Crippen LogP contribution in [0.4, 0.5) is 0 Å². The molecular weight excluding hydrogens is 232 g/mol. The van der Waals surface area contributed by atoms with Gasteiger partial charge in [-0.2, -0.15) is 0 Å². The molecule has 2 rings (SSSR count). The van der Waals surface area contributed by atoms with E-state index in [9.17, 15) is 15.0 Å². The molecule has 0 radical (unpaired) electrons. The van der Waals surface area contributed by atoms with Crippen LogP contribution in [0.3, 0.4) is 0 Å². The SMILES string of the molecule is CC(N)C1CCN(C(=O)c2c(O)cccc2O)C1. The first-order chi connectivity index (χ1) is 8.50. The van der Waals surface area contributed by atoms with Crippen LogP contribution in [0, 0.1) is 5.92 Å². The molecule has 1 amide bonds. The highest BCUT2D eigenvalue weighted by Gasteiger charge is 2.31. The fourth-order valence-electron chi connectivity index (χ4n) is 2.31. The molecule has 1 aromatic carbocycles. The molecule has 1 saturated heterocycles. The molecule has 0 aliphatic carbocycles. The van der Waals surface area contributed by atoms with Crippen molar-refractivity contribution in [2.24, 2.45) is 11.7 Å². The van der Waals surface area contributed by atoms with Gasteiger partial charge in [-0.25, -0.2) is 0 Å². The molecule has 0 saturated carbocycles. The Morgan fingerprint density at radius 3 is 2.56 bits per heavy atom. The van der Waals surface area contributed by atoms with Gasteiger partial charge in [0.2, 0.25) is 0 Å². The number of nitrogens with two attached hydrogens (primary N) is 1. The average molecular weight is 250 g/mol. The normalized spacial score (nSPS) is 21.0. The van der Waals surface area contributed by atoms with Crippen LogP contribution in [-0.4, -0.2) is 40.2 Å². The quantitative estimate of drug-likeness (QED) is 0.728. The minimum Gasteiger partial charge on any atom is -0.507 e. The van der Waals surface area contributed by atoms with Crippen molar-refractivity contribution in [3.63, 3.8) is 0 Å². The second-order valence-electron chi connectivity index (χ2n) is 4.83. The number of aromatic hydroxyl groups is 2. The Morgan fingerprint density at radius 1 is 1.44 bits per heavy atom. The summed E-state index contributed by atoms with van der Waals surface area (Å²) in [7, 11) is 0. The van der Waals surface area contributed by atoms with Gasteiger partial charge < -0.3 is 20.8 Å². The van der Waals surface area contributed by atoms with Gasteiger partial charge in [-0.05, 0) is 31.4 Å². The van der Waals surface area contributed by atoms with Crippen molar-refractivity contribution in [2.75, 3.05) is 13.1 Å². The first kappa shape index (κ1) is 12.7. The lowest BCUT2D eigenvalue weighted by molar-refractivity contribution is 0.0780. The maximum absolute atomic E-state index is 12.2. The minimum atomic E-state index is -0.339. The van der Waals surface area contributed by atoms with Crippen molar-refractivity contribution in [3.05, 3.63) is 23.8 Å². The third-order valence-corrected chi connectivity index (χ3v) is 3.49. The van der Waals surface area contributed by atoms with Crippen LogP contribution in [0.15, 0.2) is 18.2 Å². The molecule has 1 aromatic rings. The maximum atomic E-state index is 12.2. The van der Waals surface area contributed by atoms with Crippen molar-refractivity contribution in [2.45, 2.75) is 19.4 Å². The molecule has 1 aliphatic rings. The van der Waals surface area contributed by atoms with Gasteiger partial charge in [0.05, 0.1) is 0 Å². The van der Waals surface area contributed by atoms with Crippen LogP contribution in [-0.2, 0) is 0 Å². The lowest BCUT2D eigenvalue weighted by Crippen LogP contribution is -2.33. The number of phenols is 2. The fraction of sp³-hybridized carbons (Fsp3) is 0.462. The molecule has 1 heterocycles. The Morgan fingerprint density at radius 2 is 2.06 bits per heavy atom. The van der Waals surface area contributed by atoms with Crippen LogP contribution in [0.25, 0.3) is 0 Å². The van der Waals surface area contributed by atoms with Gasteiger partial charge in [0, 0.05) is 19.1 Å². The largest absolute Gasteiger partial charge is 0.507 e. The van der Waals surface area contributed by atoms with E-state index in [1.165, 1.54) is 18.2 Å². The van der Waals surface area contributed by atoms with Gasteiger partial charge >= 0.3 is 0 Å². The highest BCUT2D eigenvalue weighted by atomic mass is 16.3. The summed E-state index contributed by atoms with van der Waals surface area (Å²) in [5, 5.41) is 19.3. The molecule has 0 bridgehead atoms. The number of nitrogens with zero attached hydrogens (tertiary/aromatic N) is 1. The second kappa shape index (κ2) is 4.86. The molecule has 2 atom stereocenters. The van der Waals surface area contributed by atoms with E-state index in [4.69, 9.17) is 5.73 Å². The highest BCUT2D eigenvalue weighted by Crippen LogP contribution is 2.30. The molecule has 1 fully saturated rings. The summed E-state index contributed by atoms with van der Waals surface area (Å²) in [6.07, 6.45) is 0.859. The molecule has 5 nitrogen and oxygen atoms in total. The first-order valence-electron chi connectivity index (χ1n) is 6.06. The van der Waals surface area contributed by atoms with E-state index in [1.54, 1.807) is 4.90 Å². The van der Waals surface area contributed by atoms with Crippen LogP contribution in [0.2, 0.25) is 0 Å². The summed E-state index contributed by atoms with van der Waals surface area (Å²) in [6.45, 7) is 3.11. The third-order valence-electron chi connectivity index (χ3n) is 3.49. The van der Waals surface area contributed by atoms with E-state index in [0.717, 1.165) is 6.42 Å². The van der Waals surface area contributed by atoms with Crippen molar-refractivity contribution in [3.8, 4) is 11.5 Å². The Hall–Kier alpha value is -1.75. The predicted octanol–water partition coefficient (Wildman–Crippen LogP) is 0.907. The molecular formula is C13H18N2O3. The van der Waals surface area contributed by atoms with E-state index >= 15 is 0 Å². The van der Waals surface area contributed by atoms with Crippen molar-refractivity contribution in [1.82, 2.24) is 4.90 Å². The summed E-state index contributed by atoms with van der Waals surface area (Å²) >= 11 is 0. The number of carbonyl (C=O) groups is 1. The number of likely N-dealkylation sites (tertiary alicyclic amines) is 1. The smallest absolute Gasteiger partial charge is 0.261 e. The standard InChI is InChI=1S/C13H18N2O3/c1-8(14)9-5-6-15(7-9)13(18)12-10(16)3-2-4-11(12)17/h2-4,8-9,16-17H,5-7,14H2,1H3. The van der Waals surface area contributed by atoms with Crippen LogP contribution in [0.5, 0.6) is 11.5 Å².